The van der Waals surface area contributed by atoms with Crippen molar-refractivity contribution < 1.29 is 4.79 Å². The second-order valence-corrected chi connectivity index (χ2v) is 7.21. The quantitative estimate of drug-likeness (QED) is 0.560. The van der Waals surface area contributed by atoms with E-state index in [-0.39, 0.29) is 6.03 Å². The van der Waals surface area contributed by atoms with Gasteiger partial charge in [0.25, 0.3) is 0 Å². The van der Waals surface area contributed by atoms with E-state index in [0.717, 1.165) is 44.9 Å². The second-order valence-electron chi connectivity index (χ2n) is 7.21. The van der Waals surface area contributed by atoms with Gasteiger partial charge < -0.3 is 5.32 Å². The Labute approximate surface area is 174 Å². The van der Waals surface area contributed by atoms with E-state index in [2.05, 4.69) is 25.4 Å². The van der Waals surface area contributed by atoms with Crippen LogP contribution in [-0.2, 0) is 6.54 Å². The van der Waals surface area contributed by atoms with Crippen LogP contribution >= 0.6 is 0 Å². The first kappa shape index (κ1) is 19.4. The lowest BCUT2D eigenvalue weighted by Crippen LogP contribution is -2.28. The molecule has 7 heteroatoms. The standard InChI is InChI=1S/C23H22N6O/c1-15-8-18(11-26-22(15)20-5-7-25-17(3)10-20)12-27-23(30)29-14-21(13-28-29)19-4-6-24-16(2)9-19/h4-11,13-14H,12H2,1-3H3,(H,27,30). The molecule has 0 aromatic carbocycles. The van der Waals surface area contributed by atoms with Gasteiger partial charge in [0.15, 0.2) is 0 Å². The summed E-state index contributed by atoms with van der Waals surface area (Å²) in [5.74, 6) is 0. The van der Waals surface area contributed by atoms with E-state index in [1.165, 1.54) is 4.68 Å². The summed E-state index contributed by atoms with van der Waals surface area (Å²) in [7, 11) is 0. The zero-order chi connectivity index (χ0) is 21.1. The number of hydrogen-bond donors (Lipinski definition) is 1. The van der Waals surface area contributed by atoms with Crippen molar-refractivity contribution in [2.24, 2.45) is 0 Å². The lowest BCUT2D eigenvalue weighted by atomic mass is 10.1. The first-order valence-electron chi connectivity index (χ1n) is 9.64. The summed E-state index contributed by atoms with van der Waals surface area (Å²) in [4.78, 5) is 25.5. The number of aryl methyl sites for hydroxylation is 3. The van der Waals surface area contributed by atoms with Crippen molar-refractivity contribution in [2.45, 2.75) is 27.3 Å². The van der Waals surface area contributed by atoms with Crippen LogP contribution in [0.4, 0.5) is 4.79 Å². The van der Waals surface area contributed by atoms with Crippen LogP contribution < -0.4 is 5.32 Å². The molecule has 0 unspecified atom stereocenters. The number of hydrogen-bond acceptors (Lipinski definition) is 5. The topological polar surface area (TPSA) is 85.6 Å². The number of carbonyl (C=O) groups is 1. The Morgan fingerprint density at radius 2 is 1.60 bits per heavy atom. The number of pyridine rings is 3. The number of carbonyl (C=O) groups excluding carboxylic acids is 1. The Bertz CT molecular complexity index is 1210. The first-order valence-corrected chi connectivity index (χ1v) is 9.64. The van der Waals surface area contributed by atoms with Gasteiger partial charge in [-0.2, -0.15) is 9.78 Å². The van der Waals surface area contributed by atoms with Gasteiger partial charge in [-0.05, 0) is 61.7 Å². The van der Waals surface area contributed by atoms with Crippen LogP contribution in [-0.4, -0.2) is 30.8 Å². The van der Waals surface area contributed by atoms with E-state index in [1.807, 2.05) is 51.1 Å². The predicted molar refractivity (Wildman–Crippen MR) is 115 cm³/mol. The molecule has 0 aliphatic heterocycles. The molecule has 0 atom stereocenters. The van der Waals surface area contributed by atoms with Crippen molar-refractivity contribution in [1.29, 1.82) is 0 Å². The third-order valence-corrected chi connectivity index (χ3v) is 4.77. The maximum atomic E-state index is 12.5. The van der Waals surface area contributed by atoms with Crippen molar-refractivity contribution in [3.8, 4) is 22.4 Å². The van der Waals surface area contributed by atoms with Crippen LogP contribution in [0.25, 0.3) is 22.4 Å². The average molecular weight is 398 g/mol. The van der Waals surface area contributed by atoms with Crippen LogP contribution in [0.15, 0.2) is 61.3 Å². The predicted octanol–water partition coefficient (Wildman–Crippen LogP) is 4.09. The molecule has 0 bridgehead atoms. The molecule has 0 fully saturated rings. The molecule has 4 aromatic heterocycles. The highest BCUT2D eigenvalue weighted by molar-refractivity contribution is 5.77. The van der Waals surface area contributed by atoms with Crippen LogP contribution in [0.3, 0.4) is 0 Å². The van der Waals surface area contributed by atoms with Gasteiger partial charge >= 0.3 is 6.03 Å². The molecule has 150 valence electrons. The highest BCUT2D eigenvalue weighted by atomic mass is 16.2. The summed E-state index contributed by atoms with van der Waals surface area (Å²) >= 11 is 0. The van der Waals surface area contributed by atoms with Gasteiger partial charge in [0.1, 0.15) is 0 Å². The molecule has 7 nitrogen and oxygen atoms in total. The number of nitrogens with zero attached hydrogens (tertiary/aromatic N) is 5. The third kappa shape index (κ3) is 4.25. The molecule has 0 aliphatic carbocycles. The van der Waals surface area contributed by atoms with Gasteiger partial charge in [0.2, 0.25) is 0 Å². The fraction of sp³-hybridized carbons (Fsp3) is 0.174. The van der Waals surface area contributed by atoms with Crippen molar-refractivity contribution in [3.63, 3.8) is 0 Å². The van der Waals surface area contributed by atoms with Crippen LogP contribution in [0.5, 0.6) is 0 Å². The highest BCUT2D eigenvalue weighted by Crippen LogP contribution is 2.22. The van der Waals surface area contributed by atoms with Crippen molar-refractivity contribution in [1.82, 2.24) is 30.0 Å². The molecule has 0 aliphatic rings. The first-order chi connectivity index (χ1) is 14.5. The number of rotatable bonds is 4. The van der Waals surface area contributed by atoms with E-state index in [0.29, 0.717) is 6.54 Å². The minimum atomic E-state index is -0.293. The van der Waals surface area contributed by atoms with Gasteiger partial charge in [-0.3, -0.25) is 15.0 Å². The Morgan fingerprint density at radius 3 is 2.30 bits per heavy atom. The lowest BCUT2D eigenvalue weighted by molar-refractivity contribution is 0.239. The summed E-state index contributed by atoms with van der Waals surface area (Å²) < 4.78 is 1.31. The minimum absolute atomic E-state index is 0.293. The van der Waals surface area contributed by atoms with E-state index in [9.17, 15) is 4.79 Å². The largest absolute Gasteiger partial charge is 0.342 e. The smallest absolute Gasteiger partial charge is 0.332 e. The molecule has 0 spiro atoms. The maximum absolute atomic E-state index is 12.5. The van der Waals surface area contributed by atoms with Crippen LogP contribution in [0.1, 0.15) is 22.5 Å². The van der Waals surface area contributed by atoms with Crippen molar-refractivity contribution in [3.05, 3.63) is 83.8 Å². The summed E-state index contributed by atoms with van der Waals surface area (Å²) in [5, 5.41) is 7.06. The van der Waals surface area contributed by atoms with Crippen LogP contribution in [0.2, 0.25) is 0 Å². The third-order valence-electron chi connectivity index (χ3n) is 4.77. The molecular formula is C23H22N6O. The Morgan fingerprint density at radius 1 is 0.900 bits per heavy atom. The summed E-state index contributed by atoms with van der Waals surface area (Å²) in [6, 6.07) is 9.55. The average Bonchev–Trinajstić information content (AvgIpc) is 3.22. The monoisotopic (exact) mass is 398 g/mol. The van der Waals surface area contributed by atoms with Gasteiger partial charge in [-0.1, -0.05) is 6.07 Å². The Kier molecular flexibility index (Phi) is 5.34. The fourth-order valence-electron chi connectivity index (χ4n) is 3.29. The molecule has 0 saturated heterocycles. The Hall–Kier alpha value is -3.87. The molecule has 4 rings (SSSR count). The highest BCUT2D eigenvalue weighted by Gasteiger charge is 2.10. The van der Waals surface area contributed by atoms with Crippen LogP contribution in [0, 0.1) is 20.8 Å². The minimum Gasteiger partial charge on any atom is -0.332 e. The zero-order valence-corrected chi connectivity index (χ0v) is 17.1. The summed E-state index contributed by atoms with van der Waals surface area (Å²) in [6.07, 6.45) is 8.69. The van der Waals surface area contributed by atoms with E-state index in [1.54, 1.807) is 31.0 Å². The van der Waals surface area contributed by atoms with Gasteiger partial charge in [-0.25, -0.2) is 4.79 Å². The summed E-state index contributed by atoms with van der Waals surface area (Å²) in [6.45, 7) is 6.27. The molecule has 0 radical (unpaired) electrons. The van der Waals surface area contributed by atoms with Gasteiger partial charge in [0.05, 0.1) is 11.9 Å². The van der Waals surface area contributed by atoms with E-state index in [4.69, 9.17) is 0 Å². The molecule has 4 heterocycles. The molecule has 1 amide bonds. The maximum Gasteiger partial charge on any atom is 0.342 e. The number of nitrogens with one attached hydrogen (secondary N) is 1. The van der Waals surface area contributed by atoms with Crippen molar-refractivity contribution >= 4 is 6.03 Å². The molecule has 1 N–H and O–H groups in total. The molecular weight excluding hydrogens is 376 g/mol. The van der Waals surface area contributed by atoms with Gasteiger partial charge in [-0.15, -0.1) is 0 Å². The number of aromatic nitrogens is 5. The normalized spacial score (nSPS) is 10.8. The SMILES string of the molecule is Cc1cc(-c2cnn(C(=O)NCc3cnc(-c4ccnc(C)c4)c(C)c3)c2)ccn1. The molecule has 4 aromatic rings. The van der Waals surface area contributed by atoms with Gasteiger partial charge in [0, 0.05) is 53.8 Å². The zero-order valence-electron chi connectivity index (χ0n) is 17.1. The molecule has 0 saturated carbocycles. The van der Waals surface area contributed by atoms with E-state index < -0.39 is 0 Å². The fourth-order valence-corrected chi connectivity index (χ4v) is 3.29. The Balaban J connectivity index is 1.44. The second kappa shape index (κ2) is 8.24. The van der Waals surface area contributed by atoms with Crippen molar-refractivity contribution in [2.75, 3.05) is 0 Å². The van der Waals surface area contributed by atoms with E-state index >= 15 is 0 Å². The summed E-state index contributed by atoms with van der Waals surface area (Å²) in [5.41, 5.74) is 7.62. The number of amides is 1. The molecule has 30 heavy (non-hydrogen) atoms. The lowest BCUT2D eigenvalue weighted by Gasteiger charge is -2.09.